The highest BCUT2D eigenvalue weighted by atomic mass is 16.2. The Kier molecular flexibility index (Phi) is 6.23. The maximum absolute atomic E-state index is 12.9. The van der Waals surface area contributed by atoms with Gasteiger partial charge in [-0.25, -0.2) is 0 Å². The van der Waals surface area contributed by atoms with Crippen LogP contribution in [0.4, 0.5) is 5.69 Å². The Morgan fingerprint density at radius 2 is 1.48 bits per heavy atom. The number of nitrogens with one attached hydrogen (secondary N) is 1. The first kappa shape index (κ1) is 19.9. The van der Waals surface area contributed by atoms with Crippen molar-refractivity contribution in [2.45, 2.75) is 71.6 Å². The third-order valence-corrected chi connectivity index (χ3v) is 5.98. The van der Waals surface area contributed by atoms with Crippen LogP contribution < -0.4 is 5.32 Å². The van der Waals surface area contributed by atoms with Gasteiger partial charge in [-0.15, -0.1) is 0 Å². The molecule has 1 aromatic carbocycles. The van der Waals surface area contributed by atoms with Gasteiger partial charge < -0.3 is 10.2 Å². The van der Waals surface area contributed by atoms with Crippen molar-refractivity contribution in [2.24, 2.45) is 11.8 Å². The van der Waals surface area contributed by atoms with Crippen LogP contribution in [-0.4, -0.2) is 29.8 Å². The van der Waals surface area contributed by atoms with E-state index < -0.39 is 0 Å². The highest BCUT2D eigenvalue weighted by molar-refractivity contribution is 6.00. The number of nitrogens with zero attached hydrogens (tertiary/aromatic N) is 1. The number of benzene rings is 1. The van der Waals surface area contributed by atoms with Crippen molar-refractivity contribution in [2.75, 3.05) is 18.4 Å². The largest absolute Gasteiger partial charge is 0.342 e. The van der Waals surface area contributed by atoms with Gasteiger partial charge in [0.15, 0.2) is 0 Å². The Labute approximate surface area is 163 Å². The Hall–Kier alpha value is -1.84. The number of anilines is 1. The lowest BCUT2D eigenvalue weighted by molar-refractivity contribution is -0.134. The second-order valence-corrected chi connectivity index (χ2v) is 8.80. The summed E-state index contributed by atoms with van der Waals surface area (Å²) in [5.41, 5.74) is 3.30. The first-order chi connectivity index (χ1) is 12.9. The third-order valence-electron chi connectivity index (χ3n) is 5.98. The average Bonchev–Trinajstić information content (AvgIpc) is 3.45. The number of hydrogen-bond donors (Lipinski definition) is 1. The molecule has 0 aromatic heterocycles. The quantitative estimate of drug-likeness (QED) is 0.800. The molecule has 3 rings (SSSR count). The number of amides is 2. The minimum Gasteiger partial charge on any atom is -0.342 e. The minimum absolute atomic E-state index is 0.0122. The molecular weight excluding hydrogens is 336 g/mol. The molecule has 148 valence electrons. The zero-order valence-electron chi connectivity index (χ0n) is 17.3. The van der Waals surface area contributed by atoms with Crippen molar-refractivity contribution < 1.29 is 9.59 Å². The molecule has 1 N–H and O–H groups in total. The lowest BCUT2D eigenvalue weighted by Gasteiger charge is -2.21. The Morgan fingerprint density at radius 1 is 0.926 bits per heavy atom. The molecule has 27 heavy (non-hydrogen) atoms. The van der Waals surface area contributed by atoms with Crippen molar-refractivity contribution >= 4 is 17.5 Å². The molecule has 1 aromatic rings. The van der Waals surface area contributed by atoms with Crippen molar-refractivity contribution in [3.05, 3.63) is 29.3 Å². The molecule has 0 bridgehead atoms. The summed E-state index contributed by atoms with van der Waals surface area (Å²) in [7, 11) is 0. The molecule has 2 atom stereocenters. The van der Waals surface area contributed by atoms with Gasteiger partial charge in [0.2, 0.25) is 11.8 Å². The van der Waals surface area contributed by atoms with E-state index in [0.717, 1.165) is 31.6 Å². The van der Waals surface area contributed by atoms with Crippen molar-refractivity contribution in [1.29, 1.82) is 0 Å². The van der Waals surface area contributed by atoms with Gasteiger partial charge in [-0.3, -0.25) is 9.59 Å². The molecule has 1 heterocycles. The van der Waals surface area contributed by atoms with E-state index in [0.29, 0.717) is 18.3 Å². The molecule has 1 saturated heterocycles. The number of carbonyl (C=O) groups is 2. The molecule has 1 aliphatic carbocycles. The maximum Gasteiger partial charge on any atom is 0.228 e. The van der Waals surface area contributed by atoms with E-state index in [1.54, 1.807) is 0 Å². The molecule has 4 nitrogen and oxygen atoms in total. The number of likely N-dealkylation sites (tertiary alicyclic amines) is 1. The summed E-state index contributed by atoms with van der Waals surface area (Å²) in [5.74, 6) is 0.606. The maximum atomic E-state index is 12.9. The van der Waals surface area contributed by atoms with Crippen LogP contribution in [-0.2, 0) is 9.59 Å². The van der Waals surface area contributed by atoms with Crippen molar-refractivity contribution in [1.82, 2.24) is 4.90 Å². The summed E-state index contributed by atoms with van der Waals surface area (Å²) in [6.45, 7) is 10.3. The minimum atomic E-state index is -0.166. The molecule has 2 unspecified atom stereocenters. The second kappa shape index (κ2) is 8.45. The predicted molar refractivity (Wildman–Crippen MR) is 110 cm³/mol. The zero-order chi connectivity index (χ0) is 19.6. The van der Waals surface area contributed by atoms with Gasteiger partial charge in [0.25, 0.3) is 0 Å². The Morgan fingerprint density at radius 3 is 2.00 bits per heavy atom. The number of para-hydroxylation sites is 1. The van der Waals surface area contributed by atoms with E-state index in [4.69, 9.17) is 0 Å². The van der Waals surface area contributed by atoms with Gasteiger partial charge in [-0.2, -0.15) is 0 Å². The standard InChI is InChI=1S/C23H34N2O2/c1-15(2)17-10-9-11-18(16(3)4)21(17)24-22(26)19-14-20(19)23(27)25-12-7-5-6-8-13-25/h9-11,15-16,19-20H,5-8,12-14H2,1-4H3,(H,24,26). The smallest absolute Gasteiger partial charge is 0.228 e. The summed E-state index contributed by atoms with van der Waals surface area (Å²) in [6, 6.07) is 6.26. The highest BCUT2D eigenvalue weighted by Crippen LogP contribution is 2.42. The highest BCUT2D eigenvalue weighted by Gasteiger charge is 2.49. The summed E-state index contributed by atoms with van der Waals surface area (Å²) in [4.78, 5) is 27.7. The lowest BCUT2D eigenvalue weighted by Crippen LogP contribution is -2.34. The summed E-state index contributed by atoms with van der Waals surface area (Å²) in [6.07, 6.45) is 5.30. The molecule has 0 spiro atoms. The molecule has 0 radical (unpaired) electrons. The van der Waals surface area contributed by atoms with Crippen LogP contribution >= 0.6 is 0 Å². The second-order valence-electron chi connectivity index (χ2n) is 8.80. The van der Waals surface area contributed by atoms with E-state index in [1.807, 2.05) is 4.90 Å². The van der Waals surface area contributed by atoms with E-state index in [2.05, 4.69) is 51.2 Å². The number of carbonyl (C=O) groups excluding carboxylic acids is 2. The van der Waals surface area contributed by atoms with Gasteiger partial charge in [0.05, 0.1) is 11.8 Å². The van der Waals surface area contributed by atoms with Crippen LogP contribution in [0.15, 0.2) is 18.2 Å². The lowest BCUT2D eigenvalue weighted by atomic mass is 9.92. The zero-order valence-corrected chi connectivity index (χ0v) is 17.3. The topological polar surface area (TPSA) is 49.4 Å². The molecule has 2 fully saturated rings. The summed E-state index contributed by atoms with van der Waals surface area (Å²) >= 11 is 0. The van der Waals surface area contributed by atoms with Crippen LogP contribution in [0.5, 0.6) is 0 Å². The summed E-state index contributed by atoms with van der Waals surface area (Å²) < 4.78 is 0. The third kappa shape index (κ3) is 4.53. The van der Waals surface area contributed by atoms with Crippen LogP contribution in [0.2, 0.25) is 0 Å². The van der Waals surface area contributed by atoms with E-state index in [9.17, 15) is 9.59 Å². The molecular formula is C23H34N2O2. The Bertz CT molecular complexity index is 661. The van der Waals surface area contributed by atoms with Gasteiger partial charge in [0, 0.05) is 18.8 Å². The van der Waals surface area contributed by atoms with Crippen molar-refractivity contribution in [3.8, 4) is 0 Å². The molecule has 2 amide bonds. The van der Waals surface area contributed by atoms with Crippen molar-refractivity contribution in [3.63, 3.8) is 0 Å². The molecule has 2 aliphatic rings. The fraction of sp³-hybridized carbons (Fsp3) is 0.652. The van der Waals surface area contributed by atoms with Gasteiger partial charge >= 0.3 is 0 Å². The first-order valence-corrected chi connectivity index (χ1v) is 10.6. The van der Waals surface area contributed by atoms with Gasteiger partial charge in [-0.05, 0) is 42.2 Å². The van der Waals surface area contributed by atoms with Gasteiger partial charge in [-0.1, -0.05) is 58.7 Å². The molecule has 4 heteroatoms. The summed E-state index contributed by atoms with van der Waals surface area (Å²) in [5, 5.41) is 3.19. The number of rotatable bonds is 5. The van der Waals surface area contributed by atoms with E-state index in [1.165, 1.54) is 24.0 Å². The predicted octanol–water partition coefficient (Wildman–Crippen LogP) is 4.91. The fourth-order valence-corrected chi connectivity index (χ4v) is 4.19. The monoisotopic (exact) mass is 370 g/mol. The van der Waals surface area contributed by atoms with Crippen LogP contribution in [0.3, 0.4) is 0 Å². The van der Waals surface area contributed by atoms with Crippen LogP contribution in [0.25, 0.3) is 0 Å². The fourth-order valence-electron chi connectivity index (χ4n) is 4.19. The molecule has 1 saturated carbocycles. The van der Waals surface area contributed by atoms with E-state index >= 15 is 0 Å². The van der Waals surface area contributed by atoms with E-state index in [-0.39, 0.29) is 23.7 Å². The number of hydrogen-bond acceptors (Lipinski definition) is 2. The molecule has 1 aliphatic heterocycles. The normalized spacial score (nSPS) is 22.7. The average molecular weight is 371 g/mol. The van der Waals surface area contributed by atoms with Gasteiger partial charge in [0.1, 0.15) is 0 Å². The SMILES string of the molecule is CC(C)c1cccc(C(C)C)c1NC(=O)C1CC1C(=O)N1CCCCCC1. The van der Waals surface area contributed by atoms with Crippen LogP contribution in [0.1, 0.15) is 82.8 Å². The Balaban J connectivity index is 1.69. The van der Waals surface area contributed by atoms with Crippen LogP contribution in [0, 0.1) is 11.8 Å². The first-order valence-electron chi connectivity index (χ1n) is 10.6.